The van der Waals surface area contributed by atoms with E-state index < -0.39 is 5.76 Å². The zero-order valence-electron chi connectivity index (χ0n) is 20.2. The fourth-order valence-corrected chi connectivity index (χ4v) is 3.78. The van der Waals surface area contributed by atoms with Crippen LogP contribution in [-0.4, -0.2) is 27.6 Å². The van der Waals surface area contributed by atoms with Crippen LogP contribution in [0.2, 0.25) is 0 Å². The van der Waals surface area contributed by atoms with Crippen LogP contribution in [0.4, 0.5) is 28.8 Å². The summed E-state index contributed by atoms with van der Waals surface area (Å²) in [7, 11) is 1.63. The van der Waals surface area contributed by atoms with Crippen molar-refractivity contribution in [1.29, 1.82) is 0 Å². The van der Waals surface area contributed by atoms with Gasteiger partial charge in [0, 0.05) is 28.8 Å². The van der Waals surface area contributed by atoms with Crippen molar-refractivity contribution in [2.24, 2.45) is 0 Å². The summed E-state index contributed by atoms with van der Waals surface area (Å²) in [6, 6.07) is 23.5. The topological polar surface area (TPSA) is 123 Å². The summed E-state index contributed by atoms with van der Waals surface area (Å²) in [6.45, 7) is 1.73. The Bertz CT molecular complexity index is 1610. The molecule has 3 N–H and O–H groups in total. The van der Waals surface area contributed by atoms with Crippen molar-refractivity contribution in [2.45, 2.75) is 13.5 Å². The first-order valence-corrected chi connectivity index (χ1v) is 11.5. The maximum atomic E-state index is 12.6. The van der Waals surface area contributed by atoms with E-state index in [1.54, 1.807) is 55.6 Å². The summed E-state index contributed by atoms with van der Waals surface area (Å²) in [6.07, 6.45) is 0. The third-order valence-electron chi connectivity index (χ3n) is 5.52. The van der Waals surface area contributed by atoms with Gasteiger partial charge in [-0.25, -0.2) is 9.78 Å². The lowest BCUT2D eigenvalue weighted by Gasteiger charge is -2.11. The van der Waals surface area contributed by atoms with Crippen LogP contribution in [0.5, 0.6) is 5.75 Å². The summed E-state index contributed by atoms with van der Waals surface area (Å²) < 4.78 is 11.7. The summed E-state index contributed by atoms with van der Waals surface area (Å²) in [5.74, 6) is 0.931. The smallest absolute Gasteiger partial charge is 0.420 e. The van der Waals surface area contributed by atoms with Crippen molar-refractivity contribution in [3.63, 3.8) is 0 Å². The van der Waals surface area contributed by atoms with Crippen LogP contribution in [0, 0.1) is 6.92 Å². The zero-order valence-corrected chi connectivity index (χ0v) is 20.2. The fraction of sp³-hybridized carbons (Fsp3) is 0.111. The molecule has 0 aliphatic heterocycles. The average Bonchev–Trinajstić information content (AvgIpc) is 3.20. The number of carbonyl (C=O) groups excluding carboxylic acids is 1. The van der Waals surface area contributed by atoms with Gasteiger partial charge in [-0.1, -0.05) is 12.1 Å². The SMILES string of the molecule is COc1ccc(Nc2cc(C)nc(Nc3ccc(NC(=O)Cn4c(=O)oc5ccccc54)cc3)n2)cc1. The highest BCUT2D eigenvalue weighted by Gasteiger charge is 2.12. The third kappa shape index (κ3) is 5.59. The lowest BCUT2D eigenvalue weighted by molar-refractivity contribution is -0.116. The number of benzene rings is 3. The fourth-order valence-electron chi connectivity index (χ4n) is 3.78. The van der Waals surface area contributed by atoms with Gasteiger partial charge in [-0.3, -0.25) is 9.36 Å². The van der Waals surface area contributed by atoms with Crippen LogP contribution < -0.4 is 26.4 Å². The second-order valence-corrected chi connectivity index (χ2v) is 8.24. The maximum absolute atomic E-state index is 12.6. The molecule has 10 heteroatoms. The number of hydrogen-bond donors (Lipinski definition) is 3. The first-order chi connectivity index (χ1) is 18.0. The molecular formula is C27H24N6O4. The molecule has 186 valence electrons. The highest BCUT2D eigenvalue weighted by Crippen LogP contribution is 2.22. The van der Waals surface area contributed by atoms with Crippen molar-refractivity contribution in [1.82, 2.24) is 14.5 Å². The second kappa shape index (κ2) is 10.2. The maximum Gasteiger partial charge on any atom is 0.420 e. The summed E-state index contributed by atoms with van der Waals surface area (Å²) in [4.78, 5) is 33.6. The molecule has 0 aliphatic carbocycles. The van der Waals surface area contributed by atoms with E-state index in [9.17, 15) is 9.59 Å². The summed E-state index contributed by atoms with van der Waals surface area (Å²) in [5, 5.41) is 9.24. The molecule has 0 saturated carbocycles. The molecule has 0 bridgehead atoms. The quantitative estimate of drug-likeness (QED) is 0.279. The lowest BCUT2D eigenvalue weighted by atomic mass is 10.2. The van der Waals surface area contributed by atoms with Crippen LogP contribution in [0.1, 0.15) is 5.69 Å². The van der Waals surface area contributed by atoms with Gasteiger partial charge in [-0.2, -0.15) is 4.98 Å². The van der Waals surface area contributed by atoms with Crippen LogP contribution >= 0.6 is 0 Å². The van der Waals surface area contributed by atoms with E-state index in [0.717, 1.165) is 22.8 Å². The molecular weight excluding hydrogens is 472 g/mol. The molecule has 0 saturated heterocycles. The van der Waals surface area contributed by atoms with E-state index in [2.05, 4.69) is 25.9 Å². The molecule has 2 aromatic heterocycles. The number of aryl methyl sites for hydroxylation is 1. The highest BCUT2D eigenvalue weighted by molar-refractivity contribution is 5.91. The number of rotatable bonds is 8. The van der Waals surface area contributed by atoms with Crippen molar-refractivity contribution in [3.05, 3.63) is 95.1 Å². The van der Waals surface area contributed by atoms with Crippen molar-refractivity contribution < 1.29 is 13.9 Å². The molecule has 5 aromatic rings. The van der Waals surface area contributed by atoms with Gasteiger partial charge in [0.05, 0.1) is 12.6 Å². The van der Waals surface area contributed by atoms with E-state index in [1.165, 1.54) is 4.57 Å². The standard InChI is InChI=1S/C27H24N6O4/c1-17-15-24(29-18-11-13-21(36-2)14-12-18)32-26(28-17)31-20-9-7-19(8-10-20)30-25(34)16-33-22-5-3-4-6-23(22)37-27(33)35/h3-15H,16H2,1-2H3,(H,30,34)(H2,28,29,31,32). The molecule has 0 aliphatic rings. The highest BCUT2D eigenvalue weighted by atomic mass is 16.5. The predicted octanol–water partition coefficient (Wildman–Crippen LogP) is 4.83. The summed E-state index contributed by atoms with van der Waals surface area (Å²) >= 11 is 0. The predicted molar refractivity (Wildman–Crippen MR) is 142 cm³/mol. The van der Waals surface area contributed by atoms with Gasteiger partial charge in [-0.15, -0.1) is 0 Å². The number of methoxy groups -OCH3 is 1. The average molecular weight is 497 g/mol. The Hall–Kier alpha value is -5.12. The number of anilines is 5. The minimum atomic E-state index is -0.574. The van der Waals surface area contributed by atoms with Gasteiger partial charge in [0.1, 0.15) is 18.1 Å². The number of nitrogens with zero attached hydrogens (tertiary/aromatic N) is 3. The molecule has 0 fully saturated rings. The monoisotopic (exact) mass is 496 g/mol. The molecule has 0 radical (unpaired) electrons. The number of amides is 1. The molecule has 3 aromatic carbocycles. The van der Waals surface area contributed by atoms with Crippen LogP contribution in [0.15, 0.2) is 88.1 Å². The number of carbonyl (C=O) groups is 1. The van der Waals surface area contributed by atoms with E-state index >= 15 is 0 Å². The number of para-hydroxylation sites is 2. The van der Waals surface area contributed by atoms with Gasteiger partial charge in [0.15, 0.2) is 5.58 Å². The van der Waals surface area contributed by atoms with Crippen LogP contribution in [-0.2, 0) is 11.3 Å². The van der Waals surface area contributed by atoms with E-state index in [-0.39, 0.29) is 12.5 Å². The molecule has 5 rings (SSSR count). The Morgan fingerprint density at radius 3 is 2.35 bits per heavy atom. The van der Waals surface area contributed by atoms with Gasteiger partial charge in [-0.05, 0) is 67.6 Å². The van der Waals surface area contributed by atoms with Gasteiger partial charge in [0.25, 0.3) is 0 Å². The number of hydrogen-bond acceptors (Lipinski definition) is 8. The van der Waals surface area contributed by atoms with Crippen molar-refractivity contribution >= 4 is 45.8 Å². The Labute approximate surface area is 211 Å². The van der Waals surface area contributed by atoms with E-state index in [4.69, 9.17) is 9.15 Å². The zero-order chi connectivity index (χ0) is 25.8. The summed E-state index contributed by atoms with van der Waals surface area (Å²) in [5.41, 5.74) is 4.01. The first kappa shape index (κ1) is 23.6. The van der Waals surface area contributed by atoms with Gasteiger partial charge >= 0.3 is 5.76 Å². The Morgan fingerprint density at radius 1 is 0.919 bits per heavy atom. The van der Waals surface area contributed by atoms with Crippen LogP contribution in [0.25, 0.3) is 11.1 Å². The molecule has 1 amide bonds. The normalized spacial score (nSPS) is 10.8. The molecule has 10 nitrogen and oxygen atoms in total. The molecule has 0 atom stereocenters. The second-order valence-electron chi connectivity index (χ2n) is 8.24. The minimum Gasteiger partial charge on any atom is -0.497 e. The number of aromatic nitrogens is 3. The van der Waals surface area contributed by atoms with Crippen molar-refractivity contribution in [2.75, 3.05) is 23.1 Å². The third-order valence-corrected chi connectivity index (χ3v) is 5.52. The Morgan fingerprint density at radius 2 is 1.59 bits per heavy atom. The number of nitrogens with one attached hydrogen (secondary N) is 3. The Kier molecular flexibility index (Phi) is 6.54. The first-order valence-electron chi connectivity index (χ1n) is 11.5. The Balaban J connectivity index is 1.23. The number of ether oxygens (including phenoxy) is 1. The van der Waals surface area contributed by atoms with E-state index in [0.29, 0.717) is 28.6 Å². The minimum absolute atomic E-state index is 0.156. The van der Waals surface area contributed by atoms with Crippen molar-refractivity contribution in [3.8, 4) is 5.75 Å². The largest absolute Gasteiger partial charge is 0.497 e. The molecule has 0 spiro atoms. The molecule has 0 unspecified atom stereocenters. The van der Waals surface area contributed by atoms with Gasteiger partial charge in [0.2, 0.25) is 11.9 Å². The number of oxazole rings is 1. The molecule has 2 heterocycles. The van der Waals surface area contributed by atoms with Crippen LogP contribution in [0.3, 0.4) is 0 Å². The molecule has 37 heavy (non-hydrogen) atoms. The van der Waals surface area contributed by atoms with E-state index in [1.807, 2.05) is 37.3 Å². The number of fused-ring (bicyclic) bond motifs is 1. The van der Waals surface area contributed by atoms with Gasteiger partial charge < -0.3 is 25.1 Å². The lowest BCUT2D eigenvalue weighted by Crippen LogP contribution is -2.24.